The minimum atomic E-state index is -0.713. The number of urea groups is 1. The molecule has 0 saturated carbocycles. The monoisotopic (exact) mass is 398 g/mol. The first kappa shape index (κ1) is 18.1. The van der Waals surface area contributed by atoms with E-state index in [4.69, 9.17) is 14.2 Å². The lowest BCUT2D eigenvalue weighted by atomic mass is 9.94. The topological polar surface area (TPSA) is 85.9 Å². The zero-order valence-electron chi connectivity index (χ0n) is 13.6. The molecule has 1 heterocycles. The summed E-state index contributed by atoms with van der Waals surface area (Å²) in [6.07, 6.45) is 0. The van der Waals surface area contributed by atoms with Crippen LogP contribution in [0.4, 0.5) is 4.79 Å². The van der Waals surface area contributed by atoms with Crippen LogP contribution in [0.25, 0.3) is 0 Å². The molecule has 0 aromatic heterocycles. The minimum Gasteiger partial charge on any atom is -0.497 e. The molecule has 0 aliphatic carbocycles. The molecule has 0 bridgehead atoms. The van der Waals surface area contributed by atoms with Crippen molar-refractivity contribution in [2.75, 3.05) is 26.2 Å². The molecule has 1 aromatic rings. The number of hydrogen-bond donors (Lipinski definition) is 2. The Balaban J connectivity index is 2.60. The number of esters is 1. The van der Waals surface area contributed by atoms with Crippen molar-refractivity contribution in [1.82, 2.24) is 10.6 Å². The molecule has 130 valence electrons. The van der Waals surface area contributed by atoms with Crippen LogP contribution in [0.1, 0.15) is 18.5 Å². The third-order valence-corrected chi connectivity index (χ3v) is 4.09. The molecule has 1 aliphatic rings. The molecule has 1 unspecified atom stereocenters. The molecule has 8 heteroatoms. The Bertz CT molecular complexity index is 674. The molecule has 0 saturated heterocycles. The summed E-state index contributed by atoms with van der Waals surface area (Å²) in [6.45, 7) is 1.95. The second-order valence-electron chi connectivity index (χ2n) is 4.89. The van der Waals surface area contributed by atoms with Gasteiger partial charge < -0.3 is 24.8 Å². The third-order valence-electron chi connectivity index (χ3n) is 3.53. The lowest BCUT2D eigenvalue weighted by Crippen LogP contribution is -2.46. The van der Waals surface area contributed by atoms with Gasteiger partial charge in [0.25, 0.3) is 0 Å². The molecule has 2 rings (SSSR count). The summed E-state index contributed by atoms with van der Waals surface area (Å²) in [7, 11) is 3.06. The summed E-state index contributed by atoms with van der Waals surface area (Å²) in [6, 6.07) is 4.06. The lowest BCUT2D eigenvalue weighted by molar-refractivity contribution is -0.139. The summed E-state index contributed by atoms with van der Waals surface area (Å²) < 4.78 is 15.8. The molecule has 0 radical (unpaired) electrons. The smallest absolute Gasteiger partial charge is 0.338 e. The summed E-state index contributed by atoms with van der Waals surface area (Å²) in [5.74, 6) is 0.607. The van der Waals surface area contributed by atoms with E-state index in [1.165, 1.54) is 7.11 Å². The molecule has 1 aromatic carbocycles. The molecule has 0 fully saturated rings. The highest BCUT2D eigenvalue weighted by molar-refractivity contribution is 9.09. The van der Waals surface area contributed by atoms with Crippen LogP contribution in [-0.2, 0) is 9.53 Å². The number of benzene rings is 1. The van der Waals surface area contributed by atoms with Crippen molar-refractivity contribution in [3.05, 3.63) is 35.0 Å². The standard InChI is InChI=1S/C16H19BrN2O5/c1-4-24-15(20)13-11(8-17)18-16(21)19-14(13)10-7-9(22-2)5-6-12(10)23-3/h5-7,14H,4,8H2,1-3H3,(H2,18,19,21). The van der Waals surface area contributed by atoms with Crippen LogP contribution >= 0.6 is 15.9 Å². The van der Waals surface area contributed by atoms with E-state index in [1.54, 1.807) is 32.2 Å². The Morgan fingerprint density at radius 3 is 2.62 bits per heavy atom. The van der Waals surface area contributed by atoms with E-state index in [-0.39, 0.29) is 6.61 Å². The quantitative estimate of drug-likeness (QED) is 0.566. The van der Waals surface area contributed by atoms with Crippen LogP contribution in [-0.4, -0.2) is 38.2 Å². The Labute approximate surface area is 148 Å². The SMILES string of the molecule is CCOC(=O)C1=C(CBr)NC(=O)NC1c1cc(OC)ccc1OC. The van der Waals surface area contributed by atoms with E-state index < -0.39 is 18.0 Å². The van der Waals surface area contributed by atoms with Crippen LogP contribution in [0.2, 0.25) is 0 Å². The van der Waals surface area contributed by atoms with Gasteiger partial charge in [-0.2, -0.15) is 0 Å². The third kappa shape index (κ3) is 3.64. The maximum absolute atomic E-state index is 12.4. The van der Waals surface area contributed by atoms with Gasteiger partial charge in [0.2, 0.25) is 0 Å². The zero-order chi connectivity index (χ0) is 17.7. The molecule has 1 aliphatic heterocycles. The van der Waals surface area contributed by atoms with Gasteiger partial charge in [0.15, 0.2) is 0 Å². The number of rotatable bonds is 6. The van der Waals surface area contributed by atoms with Gasteiger partial charge in [-0.25, -0.2) is 9.59 Å². The molecule has 1 atom stereocenters. The summed E-state index contributed by atoms with van der Waals surface area (Å²) in [4.78, 5) is 24.4. The largest absolute Gasteiger partial charge is 0.497 e. The molecule has 2 amide bonds. The van der Waals surface area contributed by atoms with Gasteiger partial charge in [-0.1, -0.05) is 15.9 Å². The van der Waals surface area contributed by atoms with E-state index in [1.807, 2.05) is 0 Å². The number of nitrogens with one attached hydrogen (secondary N) is 2. The Morgan fingerprint density at radius 2 is 2.04 bits per heavy atom. The molecular formula is C16H19BrN2O5. The minimum absolute atomic E-state index is 0.230. The first-order valence-corrected chi connectivity index (χ1v) is 8.43. The number of methoxy groups -OCH3 is 2. The van der Waals surface area contributed by atoms with Crippen LogP contribution in [0.3, 0.4) is 0 Å². The number of carbonyl (C=O) groups excluding carboxylic acids is 2. The highest BCUT2D eigenvalue weighted by Gasteiger charge is 2.35. The number of alkyl halides is 1. The van der Waals surface area contributed by atoms with E-state index in [0.29, 0.717) is 33.7 Å². The second-order valence-corrected chi connectivity index (χ2v) is 5.45. The fourth-order valence-corrected chi connectivity index (χ4v) is 2.91. The predicted molar refractivity (Wildman–Crippen MR) is 91.4 cm³/mol. The van der Waals surface area contributed by atoms with E-state index >= 15 is 0 Å². The van der Waals surface area contributed by atoms with Crippen LogP contribution < -0.4 is 20.1 Å². The van der Waals surface area contributed by atoms with Crippen molar-refractivity contribution in [1.29, 1.82) is 0 Å². The fraction of sp³-hybridized carbons (Fsp3) is 0.375. The van der Waals surface area contributed by atoms with Crippen molar-refractivity contribution in [2.24, 2.45) is 0 Å². The van der Waals surface area contributed by atoms with Gasteiger partial charge in [0.1, 0.15) is 11.5 Å². The molecule has 0 spiro atoms. The zero-order valence-corrected chi connectivity index (χ0v) is 15.2. The molecule has 2 N–H and O–H groups in total. The number of hydrogen-bond acceptors (Lipinski definition) is 5. The second kappa shape index (κ2) is 8.05. The number of carbonyl (C=O) groups is 2. The maximum atomic E-state index is 12.4. The Hall–Kier alpha value is -2.22. The average Bonchev–Trinajstić information content (AvgIpc) is 2.60. The van der Waals surface area contributed by atoms with Crippen molar-refractivity contribution < 1.29 is 23.8 Å². The first-order valence-electron chi connectivity index (χ1n) is 7.31. The van der Waals surface area contributed by atoms with Crippen LogP contribution in [0, 0.1) is 0 Å². The fourth-order valence-electron chi connectivity index (χ4n) is 2.47. The first-order chi connectivity index (χ1) is 11.5. The summed E-state index contributed by atoms with van der Waals surface area (Å²) in [5, 5.41) is 5.68. The van der Waals surface area contributed by atoms with Crippen molar-refractivity contribution in [3.8, 4) is 11.5 Å². The van der Waals surface area contributed by atoms with E-state index in [2.05, 4.69) is 26.6 Å². The van der Waals surface area contributed by atoms with Crippen LogP contribution in [0.5, 0.6) is 11.5 Å². The summed E-state index contributed by atoms with van der Waals surface area (Å²) in [5.41, 5.74) is 1.38. The molecular weight excluding hydrogens is 380 g/mol. The number of halogens is 1. The van der Waals surface area contributed by atoms with Gasteiger partial charge >= 0.3 is 12.0 Å². The molecule has 24 heavy (non-hydrogen) atoms. The van der Waals surface area contributed by atoms with Crippen molar-refractivity contribution >= 4 is 27.9 Å². The van der Waals surface area contributed by atoms with Crippen LogP contribution in [0.15, 0.2) is 29.5 Å². The van der Waals surface area contributed by atoms with Gasteiger partial charge in [0, 0.05) is 16.6 Å². The Kier molecular flexibility index (Phi) is 6.08. The molecule has 7 nitrogen and oxygen atoms in total. The number of amides is 2. The van der Waals surface area contributed by atoms with Crippen molar-refractivity contribution in [2.45, 2.75) is 13.0 Å². The summed E-state index contributed by atoms with van der Waals surface area (Å²) >= 11 is 3.30. The predicted octanol–water partition coefficient (Wildman–Crippen LogP) is 2.27. The van der Waals surface area contributed by atoms with Gasteiger partial charge in [-0.3, -0.25) is 0 Å². The van der Waals surface area contributed by atoms with Gasteiger partial charge in [0.05, 0.1) is 32.4 Å². The number of allylic oxidation sites excluding steroid dienone is 1. The maximum Gasteiger partial charge on any atom is 0.338 e. The Morgan fingerprint density at radius 1 is 1.29 bits per heavy atom. The van der Waals surface area contributed by atoms with E-state index in [0.717, 1.165) is 0 Å². The highest BCUT2D eigenvalue weighted by atomic mass is 79.9. The lowest BCUT2D eigenvalue weighted by Gasteiger charge is -2.29. The average molecular weight is 399 g/mol. The van der Waals surface area contributed by atoms with Gasteiger partial charge in [-0.15, -0.1) is 0 Å². The highest BCUT2D eigenvalue weighted by Crippen LogP contribution is 2.36. The van der Waals surface area contributed by atoms with Gasteiger partial charge in [-0.05, 0) is 25.1 Å². The van der Waals surface area contributed by atoms with Crippen molar-refractivity contribution in [3.63, 3.8) is 0 Å². The van der Waals surface area contributed by atoms with E-state index in [9.17, 15) is 9.59 Å². The number of ether oxygens (including phenoxy) is 3. The normalized spacial score (nSPS) is 17.0.